The predicted molar refractivity (Wildman–Crippen MR) is 131 cm³/mol. The summed E-state index contributed by atoms with van der Waals surface area (Å²) in [6.45, 7) is 2.58. The molecule has 3 aromatic rings. The van der Waals surface area contributed by atoms with Gasteiger partial charge in [0.15, 0.2) is 11.5 Å². The van der Waals surface area contributed by atoms with Gasteiger partial charge in [0.2, 0.25) is 5.43 Å². The quantitative estimate of drug-likeness (QED) is 0.481. The molecule has 0 radical (unpaired) electrons. The van der Waals surface area contributed by atoms with E-state index in [-0.39, 0.29) is 28.5 Å². The Labute approximate surface area is 205 Å². The number of carboxylic acids is 1. The summed E-state index contributed by atoms with van der Waals surface area (Å²) in [7, 11) is 1.43. The molecule has 188 valence electrons. The van der Waals surface area contributed by atoms with Gasteiger partial charge in [-0.3, -0.25) is 14.5 Å². The van der Waals surface area contributed by atoms with Crippen molar-refractivity contribution in [2.24, 2.45) is 0 Å². The van der Waals surface area contributed by atoms with Crippen molar-refractivity contribution in [2.45, 2.75) is 25.4 Å². The number of piperazine rings is 1. The number of aldehydes is 1. The Kier molecular flexibility index (Phi) is 6.13. The molecule has 36 heavy (non-hydrogen) atoms. The van der Waals surface area contributed by atoms with Crippen LogP contribution in [0, 0.1) is 5.82 Å². The molecule has 0 spiro atoms. The molecule has 1 aliphatic heterocycles. The van der Waals surface area contributed by atoms with Crippen LogP contribution < -0.4 is 15.1 Å². The van der Waals surface area contributed by atoms with E-state index in [1.807, 2.05) is 4.90 Å². The molecule has 2 heterocycles. The molecule has 0 unspecified atom stereocenters. The van der Waals surface area contributed by atoms with Crippen LogP contribution in [0.4, 0.5) is 10.1 Å². The number of halogens is 1. The number of carbonyl (C=O) groups excluding carboxylic acids is 1. The number of anilines is 1. The first kappa shape index (κ1) is 23.8. The van der Waals surface area contributed by atoms with Gasteiger partial charge >= 0.3 is 5.97 Å². The van der Waals surface area contributed by atoms with Crippen molar-refractivity contribution >= 4 is 28.8 Å². The molecule has 10 heteroatoms. The zero-order valence-corrected chi connectivity index (χ0v) is 19.7. The van der Waals surface area contributed by atoms with Crippen LogP contribution >= 0.6 is 0 Å². The summed E-state index contributed by atoms with van der Waals surface area (Å²) in [6.07, 6.45) is 3.84. The number of phenolic OH excluding ortho intramolecular Hbond substituents is 1. The third-order valence-electron chi connectivity index (χ3n) is 6.91. The van der Waals surface area contributed by atoms with E-state index in [0.717, 1.165) is 18.9 Å². The van der Waals surface area contributed by atoms with Gasteiger partial charge < -0.3 is 24.4 Å². The molecule has 1 saturated carbocycles. The number of carboxylic acid groups (broad SMARTS) is 1. The molecule has 0 bridgehead atoms. The topological polar surface area (TPSA) is 112 Å². The first-order chi connectivity index (χ1) is 17.3. The first-order valence-corrected chi connectivity index (χ1v) is 11.7. The summed E-state index contributed by atoms with van der Waals surface area (Å²) < 4.78 is 22.2. The van der Waals surface area contributed by atoms with Crippen LogP contribution in [0.1, 0.15) is 45.2 Å². The molecule has 0 amide bonds. The Bertz CT molecular complexity index is 1420. The maximum absolute atomic E-state index is 15.2. The SMILES string of the molecule is COc1cc(C=O)cc(CN2CCN(c3cc4c(cc3F)c(=O)c(C(=O)O)cn4C3CC3)CC2)c1O. The Hall–Kier alpha value is -3.92. The highest BCUT2D eigenvalue weighted by molar-refractivity contribution is 5.93. The van der Waals surface area contributed by atoms with Crippen LogP contribution in [0.25, 0.3) is 10.9 Å². The van der Waals surface area contributed by atoms with Gasteiger partial charge in [0.25, 0.3) is 0 Å². The summed E-state index contributed by atoms with van der Waals surface area (Å²) in [6, 6.07) is 6.01. The minimum atomic E-state index is -1.32. The fourth-order valence-electron chi connectivity index (χ4n) is 4.83. The predicted octanol–water partition coefficient (Wildman–Crippen LogP) is 3.02. The molecule has 2 aromatic carbocycles. The van der Waals surface area contributed by atoms with Gasteiger partial charge in [0, 0.05) is 61.5 Å². The lowest BCUT2D eigenvalue weighted by Gasteiger charge is -2.36. The number of fused-ring (bicyclic) bond motifs is 1. The van der Waals surface area contributed by atoms with Crippen molar-refractivity contribution in [1.29, 1.82) is 0 Å². The second-order valence-corrected chi connectivity index (χ2v) is 9.25. The van der Waals surface area contributed by atoms with Crippen molar-refractivity contribution in [3.05, 3.63) is 63.2 Å². The number of nitrogens with zero attached hydrogens (tertiary/aromatic N) is 3. The van der Waals surface area contributed by atoms with E-state index >= 15 is 4.39 Å². The summed E-state index contributed by atoms with van der Waals surface area (Å²) in [4.78, 5) is 39.5. The summed E-state index contributed by atoms with van der Waals surface area (Å²) in [5.41, 5.74) is 0.848. The molecule has 2 aliphatic rings. The van der Waals surface area contributed by atoms with Crippen LogP contribution in [0.2, 0.25) is 0 Å². The molecule has 1 saturated heterocycles. The molecular weight excluding hydrogens is 469 g/mol. The second kappa shape index (κ2) is 9.27. The van der Waals surface area contributed by atoms with Crippen molar-refractivity contribution in [3.8, 4) is 11.5 Å². The van der Waals surface area contributed by atoms with Crippen LogP contribution in [0.5, 0.6) is 11.5 Å². The lowest BCUT2D eigenvalue weighted by Crippen LogP contribution is -2.46. The van der Waals surface area contributed by atoms with E-state index in [1.54, 1.807) is 16.7 Å². The van der Waals surface area contributed by atoms with Gasteiger partial charge in [-0.1, -0.05) is 0 Å². The largest absolute Gasteiger partial charge is 0.504 e. The van der Waals surface area contributed by atoms with Crippen LogP contribution in [-0.2, 0) is 6.54 Å². The molecular formula is C26H26FN3O6. The molecule has 2 fully saturated rings. The van der Waals surface area contributed by atoms with Crippen LogP contribution in [0.15, 0.2) is 35.3 Å². The minimum absolute atomic E-state index is 0.00937. The Morgan fingerprint density at radius 3 is 2.50 bits per heavy atom. The van der Waals surface area contributed by atoms with E-state index in [1.165, 1.54) is 19.4 Å². The van der Waals surface area contributed by atoms with Crippen LogP contribution in [-0.4, -0.2) is 65.2 Å². The van der Waals surface area contributed by atoms with Gasteiger partial charge in [0.1, 0.15) is 17.7 Å². The standard InChI is InChI=1S/C26H26FN3O6/c1-36-23-9-15(14-31)8-16(24(23)32)12-28-4-6-29(7-5-28)22-11-21-18(10-20(22)27)25(33)19(26(34)35)13-30(21)17-2-3-17/h8-11,13-14,17,32H,2-7,12H2,1H3,(H,34,35). The molecule has 0 atom stereocenters. The van der Waals surface area contributed by atoms with Gasteiger partial charge in [-0.25, -0.2) is 9.18 Å². The zero-order valence-electron chi connectivity index (χ0n) is 19.7. The summed E-state index contributed by atoms with van der Waals surface area (Å²) in [5, 5.41) is 20.0. The highest BCUT2D eigenvalue weighted by Crippen LogP contribution is 2.38. The van der Waals surface area contributed by atoms with Crippen molar-refractivity contribution in [1.82, 2.24) is 9.47 Å². The monoisotopic (exact) mass is 495 g/mol. The first-order valence-electron chi connectivity index (χ1n) is 11.7. The number of methoxy groups -OCH3 is 1. The normalized spacial score (nSPS) is 16.3. The zero-order chi connectivity index (χ0) is 25.6. The number of aromatic carboxylic acids is 1. The smallest absolute Gasteiger partial charge is 0.341 e. The minimum Gasteiger partial charge on any atom is -0.504 e. The van der Waals surface area contributed by atoms with E-state index in [9.17, 15) is 24.6 Å². The fraction of sp³-hybridized carbons (Fsp3) is 0.346. The molecule has 2 N–H and O–H groups in total. The number of pyridine rings is 1. The van der Waals surface area contributed by atoms with E-state index in [0.29, 0.717) is 61.3 Å². The second-order valence-electron chi connectivity index (χ2n) is 9.25. The van der Waals surface area contributed by atoms with Crippen LogP contribution in [0.3, 0.4) is 0 Å². The molecule has 5 rings (SSSR count). The Morgan fingerprint density at radius 2 is 1.89 bits per heavy atom. The number of aromatic nitrogens is 1. The lowest BCUT2D eigenvalue weighted by molar-refractivity contribution is 0.0694. The fourth-order valence-corrected chi connectivity index (χ4v) is 4.83. The van der Waals surface area contributed by atoms with E-state index in [2.05, 4.69) is 4.90 Å². The lowest BCUT2D eigenvalue weighted by atomic mass is 10.1. The van der Waals surface area contributed by atoms with Gasteiger partial charge in [0.05, 0.1) is 18.3 Å². The Morgan fingerprint density at radius 1 is 1.17 bits per heavy atom. The number of ether oxygens (including phenoxy) is 1. The van der Waals surface area contributed by atoms with E-state index in [4.69, 9.17) is 4.74 Å². The van der Waals surface area contributed by atoms with Gasteiger partial charge in [-0.05, 0) is 37.1 Å². The maximum Gasteiger partial charge on any atom is 0.341 e. The van der Waals surface area contributed by atoms with Gasteiger partial charge in [-0.15, -0.1) is 0 Å². The van der Waals surface area contributed by atoms with Crippen molar-refractivity contribution in [3.63, 3.8) is 0 Å². The highest BCUT2D eigenvalue weighted by Gasteiger charge is 2.28. The van der Waals surface area contributed by atoms with E-state index < -0.39 is 17.2 Å². The third kappa shape index (κ3) is 4.28. The van der Waals surface area contributed by atoms with Crippen molar-refractivity contribution < 1.29 is 28.9 Å². The molecule has 9 nitrogen and oxygen atoms in total. The number of benzene rings is 2. The Balaban J connectivity index is 1.39. The molecule has 1 aliphatic carbocycles. The molecule has 1 aromatic heterocycles. The summed E-state index contributed by atoms with van der Waals surface area (Å²) >= 11 is 0. The number of carbonyl (C=O) groups is 2. The average molecular weight is 496 g/mol. The summed E-state index contributed by atoms with van der Waals surface area (Å²) in [5.74, 6) is -1.66. The highest BCUT2D eigenvalue weighted by atomic mass is 19.1. The van der Waals surface area contributed by atoms with Gasteiger partial charge in [-0.2, -0.15) is 0 Å². The number of aromatic hydroxyl groups is 1. The average Bonchev–Trinajstić information content (AvgIpc) is 3.71. The number of hydrogen-bond donors (Lipinski definition) is 2. The number of rotatable bonds is 7. The van der Waals surface area contributed by atoms with Crippen molar-refractivity contribution in [2.75, 3.05) is 38.2 Å². The maximum atomic E-state index is 15.2. The number of hydrogen-bond acceptors (Lipinski definition) is 7. The number of phenols is 1. The third-order valence-corrected chi connectivity index (χ3v) is 6.91.